The van der Waals surface area contributed by atoms with E-state index in [2.05, 4.69) is 9.97 Å². The number of aromatic hydroxyl groups is 4. The first-order valence-electron chi connectivity index (χ1n) is 15.9. The lowest BCUT2D eigenvalue weighted by Crippen LogP contribution is -2.02. The quantitative estimate of drug-likeness (QED) is 0.0947. The van der Waals surface area contributed by atoms with Crippen LogP contribution < -0.4 is 0 Å². The maximum Gasteiger partial charge on any atom is 0.178 e. The van der Waals surface area contributed by atoms with Gasteiger partial charge in [-0.2, -0.15) is 0 Å². The van der Waals surface area contributed by atoms with Gasteiger partial charge in [0.2, 0.25) is 0 Å². The third-order valence-electron chi connectivity index (χ3n) is 8.54. The summed E-state index contributed by atoms with van der Waals surface area (Å²) in [6, 6.07) is 27.4. The average molecular weight is 678 g/mol. The number of hydrogen-bond acceptors (Lipinski definition) is 11. The predicted octanol–water partition coefficient (Wildman–Crippen LogP) is 7.09. The van der Waals surface area contributed by atoms with Crippen molar-refractivity contribution in [2.75, 3.05) is 0 Å². The van der Waals surface area contributed by atoms with Crippen LogP contribution in [0.5, 0.6) is 23.0 Å². The number of rotatable bonds is 7. The SMILES string of the molecule is Cc1cc(-c2ccc(O)cn2)c(O)cc1-c1nc(-c2ccc(-c3ccc(C(O)O)cc3)cc2)nc(-c2cc(O)c(-c3ccc(O)cn3)cc2C)n1. The molecule has 0 saturated carbocycles. The number of phenols is 2. The predicted molar refractivity (Wildman–Crippen MR) is 191 cm³/mol. The molecular weight excluding hydrogens is 646 g/mol. The molecule has 252 valence electrons. The van der Waals surface area contributed by atoms with Gasteiger partial charge in [-0.15, -0.1) is 0 Å². The highest BCUT2D eigenvalue weighted by molar-refractivity contribution is 5.79. The third kappa shape index (κ3) is 6.66. The highest BCUT2D eigenvalue weighted by Crippen LogP contribution is 2.38. The summed E-state index contributed by atoms with van der Waals surface area (Å²) in [6.07, 6.45) is 1.07. The van der Waals surface area contributed by atoms with E-state index in [1.165, 1.54) is 24.5 Å². The molecule has 0 fully saturated rings. The topological polar surface area (TPSA) is 186 Å². The minimum absolute atomic E-state index is 0.0120. The summed E-state index contributed by atoms with van der Waals surface area (Å²) >= 11 is 0. The van der Waals surface area contributed by atoms with E-state index in [-0.39, 0.29) is 23.0 Å². The number of aliphatic hydroxyl groups is 2. The average Bonchev–Trinajstić information content (AvgIpc) is 3.14. The van der Waals surface area contributed by atoms with E-state index in [1.54, 1.807) is 48.5 Å². The molecule has 0 bridgehead atoms. The molecule has 0 spiro atoms. The second-order valence-corrected chi connectivity index (χ2v) is 12.1. The molecule has 0 aliphatic carbocycles. The Labute approximate surface area is 292 Å². The molecule has 0 radical (unpaired) electrons. The maximum absolute atomic E-state index is 11.1. The maximum atomic E-state index is 11.1. The van der Waals surface area contributed by atoms with Crippen LogP contribution in [0.25, 0.3) is 67.8 Å². The molecular formula is C40H31N5O6. The fourth-order valence-corrected chi connectivity index (χ4v) is 5.78. The van der Waals surface area contributed by atoms with Gasteiger partial charge in [0.25, 0.3) is 0 Å². The molecule has 51 heavy (non-hydrogen) atoms. The zero-order chi connectivity index (χ0) is 35.8. The molecule has 11 nitrogen and oxygen atoms in total. The molecule has 11 heteroatoms. The number of phenolic OH excluding ortho intramolecular Hbond substituents is 2. The van der Waals surface area contributed by atoms with Gasteiger partial charge in [0.1, 0.15) is 23.0 Å². The Morgan fingerprint density at radius 2 is 0.863 bits per heavy atom. The van der Waals surface area contributed by atoms with E-state index in [0.717, 1.165) is 22.3 Å². The lowest BCUT2D eigenvalue weighted by molar-refractivity contribution is -0.0424. The van der Waals surface area contributed by atoms with Crippen molar-refractivity contribution in [3.8, 4) is 90.8 Å². The minimum Gasteiger partial charge on any atom is -0.507 e. The van der Waals surface area contributed by atoms with Crippen LogP contribution in [0.15, 0.2) is 109 Å². The molecule has 0 saturated heterocycles. The minimum atomic E-state index is -1.55. The van der Waals surface area contributed by atoms with Crippen molar-refractivity contribution in [2.24, 2.45) is 0 Å². The summed E-state index contributed by atoms with van der Waals surface area (Å²) in [5.41, 5.74) is 7.36. The number of pyridine rings is 2. The Hall–Kier alpha value is -6.69. The van der Waals surface area contributed by atoms with Crippen LogP contribution in [0.4, 0.5) is 0 Å². The molecule has 0 amide bonds. The van der Waals surface area contributed by atoms with E-state index in [0.29, 0.717) is 62.2 Å². The van der Waals surface area contributed by atoms with Gasteiger partial charge in [0, 0.05) is 33.4 Å². The lowest BCUT2D eigenvalue weighted by atomic mass is 9.99. The summed E-state index contributed by atoms with van der Waals surface area (Å²) < 4.78 is 0. The molecule has 4 aromatic carbocycles. The first-order valence-corrected chi connectivity index (χ1v) is 15.9. The van der Waals surface area contributed by atoms with Gasteiger partial charge in [0.05, 0.1) is 23.8 Å². The van der Waals surface area contributed by atoms with Crippen LogP contribution in [0, 0.1) is 13.8 Å². The number of aromatic nitrogens is 5. The van der Waals surface area contributed by atoms with Crippen LogP contribution in [0.2, 0.25) is 0 Å². The largest absolute Gasteiger partial charge is 0.507 e. The second-order valence-electron chi connectivity index (χ2n) is 12.1. The number of aliphatic hydroxyl groups excluding tert-OH is 1. The van der Waals surface area contributed by atoms with Gasteiger partial charge in [-0.25, -0.2) is 15.0 Å². The van der Waals surface area contributed by atoms with Gasteiger partial charge < -0.3 is 30.6 Å². The Bertz CT molecular complexity index is 2260. The van der Waals surface area contributed by atoms with Gasteiger partial charge in [-0.3, -0.25) is 9.97 Å². The van der Waals surface area contributed by atoms with E-state index in [9.17, 15) is 30.6 Å². The van der Waals surface area contributed by atoms with Crippen molar-refractivity contribution in [1.29, 1.82) is 0 Å². The van der Waals surface area contributed by atoms with Crippen molar-refractivity contribution in [2.45, 2.75) is 20.1 Å². The fourth-order valence-electron chi connectivity index (χ4n) is 5.78. The molecule has 6 N–H and O–H groups in total. The van der Waals surface area contributed by atoms with Crippen molar-refractivity contribution >= 4 is 0 Å². The van der Waals surface area contributed by atoms with E-state index < -0.39 is 6.29 Å². The Balaban J connectivity index is 1.34. The normalized spacial score (nSPS) is 11.2. The first kappa shape index (κ1) is 32.8. The summed E-state index contributed by atoms with van der Waals surface area (Å²) in [5, 5.41) is 60.6. The van der Waals surface area contributed by atoms with Gasteiger partial charge in [-0.1, -0.05) is 48.5 Å². The smallest absolute Gasteiger partial charge is 0.178 e. The van der Waals surface area contributed by atoms with Gasteiger partial charge in [-0.05, 0) is 84.6 Å². The Morgan fingerprint density at radius 3 is 1.27 bits per heavy atom. The summed E-state index contributed by atoms with van der Waals surface area (Å²) in [5.74, 6) is 0.848. The van der Waals surface area contributed by atoms with Gasteiger partial charge >= 0.3 is 0 Å². The van der Waals surface area contributed by atoms with Crippen LogP contribution in [-0.4, -0.2) is 55.6 Å². The zero-order valence-electron chi connectivity index (χ0n) is 27.4. The Morgan fingerprint density at radius 1 is 0.451 bits per heavy atom. The number of aryl methyl sites for hydroxylation is 2. The molecule has 3 aromatic heterocycles. The van der Waals surface area contributed by atoms with Crippen molar-refractivity contribution in [3.63, 3.8) is 0 Å². The van der Waals surface area contributed by atoms with Crippen molar-refractivity contribution in [1.82, 2.24) is 24.9 Å². The van der Waals surface area contributed by atoms with Crippen molar-refractivity contribution in [3.05, 3.63) is 126 Å². The highest BCUT2D eigenvalue weighted by Gasteiger charge is 2.20. The highest BCUT2D eigenvalue weighted by atomic mass is 16.5. The molecule has 0 aliphatic rings. The first-order chi connectivity index (χ1) is 24.5. The van der Waals surface area contributed by atoms with Crippen LogP contribution >= 0.6 is 0 Å². The number of nitrogens with zero attached hydrogens (tertiary/aromatic N) is 5. The van der Waals surface area contributed by atoms with Crippen LogP contribution in [0.1, 0.15) is 23.0 Å². The van der Waals surface area contributed by atoms with E-state index >= 15 is 0 Å². The second kappa shape index (κ2) is 13.3. The van der Waals surface area contributed by atoms with Crippen LogP contribution in [-0.2, 0) is 0 Å². The van der Waals surface area contributed by atoms with Crippen molar-refractivity contribution < 1.29 is 30.6 Å². The molecule has 0 atom stereocenters. The molecule has 0 unspecified atom stereocenters. The molecule has 3 heterocycles. The summed E-state index contributed by atoms with van der Waals surface area (Å²) in [6.45, 7) is 3.74. The number of benzene rings is 4. The fraction of sp³-hybridized carbons (Fsp3) is 0.0750. The molecule has 7 aromatic rings. The Kier molecular flexibility index (Phi) is 8.57. The summed E-state index contributed by atoms with van der Waals surface area (Å²) in [4.78, 5) is 23.0. The number of hydrogen-bond donors (Lipinski definition) is 6. The van der Waals surface area contributed by atoms with Crippen LogP contribution in [0.3, 0.4) is 0 Å². The monoisotopic (exact) mass is 677 g/mol. The third-order valence-corrected chi connectivity index (χ3v) is 8.54. The van der Waals surface area contributed by atoms with Gasteiger partial charge in [0.15, 0.2) is 23.8 Å². The molecule has 7 rings (SSSR count). The standard InChI is InChI=1S/C40H31N5O6/c1-21-15-31(33-13-11-27(46)19-41-33)35(48)17-29(21)38-43-37(25-7-3-23(4-8-25)24-5-9-26(10-6-24)40(50)51)44-39(45-38)30-18-36(49)32(16-22(30)2)34-14-12-28(47)20-42-34/h3-20,40,46-51H,1-2H3. The lowest BCUT2D eigenvalue weighted by Gasteiger charge is -2.14. The summed E-state index contributed by atoms with van der Waals surface area (Å²) in [7, 11) is 0. The zero-order valence-corrected chi connectivity index (χ0v) is 27.4. The van der Waals surface area contributed by atoms with E-state index in [1.807, 2.05) is 50.2 Å². The van der Waals surface area contributed by atoms with E-state index in [4.69, 9.17) is 15.0 Å². The molecule has 0 aliphatic heterocycles.